The smallest absolute Gasteiger partial charge is 0.247 e. The van der Waals surface area contributed by atoms with Gasteiger partial charge in [-0.05, 0) is 24.6 Å². The van der Waals surface area contributed by atoms with E-state index in [0.717, 1.165) is 5.56 Å². The minimum Gasteiger partial charge on any atom is -0.371 e. The van der Waals surface area contributed by atoms with E-state index in [-0.39, 0.29) is 30.4 Å². The van der Waals surface area contributed by atoms with Gasteiger partial charge in [0.1, 0.15) is 0 Å². The second kappa shape index (κ2) is 6.77. The molecule has 2 aliphatic heterocycles. The maximum atomic E-state index is 12.4. The van der Waals surface area contributed by atoms with Crippen molar-refractivity contribution in [1.82, 2.24) is 9.80 Å². The average Bonchev–Trinajstić information content (AvgIpc) is 2.84. The number of amides is 2. The van der Waals surface area contributed by atoms with E-state index in [1.165, 1.54) is 4.90 Å². The van der Waals surface area contributed by atoms with Gasteiger partial charge in [0.05, 0.1) is 35.2 Å². The number of ether oxygens (including phenoxy) is 1. The van der Waals surface area contributed by atoms with E-state index in [4.69, 9.17) is 27.9 Å². The van der Waals surface area contributed by atoms with Crippen LogP contribution in [-0.4, -0.2) is 53.9 Å². The van der Waals surface area contributed by atoms with Crippen molar-refractivity contribution in [3.05, 3.63) is 33.8 Å². The summed E-state index contributed by atoms with van der Waals surface area (Å²) in [4.78, 5) is 27.7. The molecule has 2 atom stereocenters. The van der Waals surface area contributed by atoms with Gasteiger partial charge in [0.15, 0.2) is 0 Å². The Kier molecular flexibility index (Phi) is 4.92. The fraction of sp³-hybridized carbons (Fsp3) is 0.500. The topological polar surface area (TPSA) is 49.9 Å². The first-order valence-electron chi connectivity index (χ1n) is 7.66. The summed E-state index contributed by atoms with van der Waals surface area (Å²) in [6.45, 7) is 3.94. The summed E-state index contributed by atoms with van der Waals surface area (Å²) in [7, 11) is 0. The molecule has 2 unspecified atom stereocenters. The minimum absolute atomic E-state index is 0.0971. The molecule has 1 aromatic rings. The van der Waals surface area contributed by atoms with Crippen molar-refractivity contribution in [2.45, 2.75) is 25.5 Å². The summed E-state index contributed by atoms with van der Waals surface area (Å²) in [5, 5.41) is 0.979. The normalized spacial score (nSPS) is 26.1. The molecule has 0 spiro atoms. The number of rotatable bonds is 3. The van der Waals surface area contributed by atoms with E-state index in [2.05, 4.69) is 0 Å². The van der Waals surface area contributed by atoms with Crippen LogP contribution in [0.2, 0.25) is 10.0 Å². The summed E-state index contributed by atoms with van der Waals surface area (Å²) >= 11 is 12.0. The van der Waals surface area contributed by atoms with E-state index < -0.39 is 0 Å². The van der Waals surface area contributed by atoms with Crippen LogP contribution in [0.15, 0.2) is 18.2 Å². The van der Waals surface area contributed by atoms with Crippen LogP contribution in [0, 0.1) is 0 Å². The molecule has 2 amide bonds. The number of halogens is 2. The van der Waals surface area contributed by atoms with E-state index in [0.29, 0.717) is 36.3 Å². The molecule has 23 heavy (non-hydrogen) atoms. The number of benzene rings is 1. The van der Waals surface area contributed by atoms with Crippen LogP contribution in [0.1, 0.15) is 25.0 Å². The summed E-state index contributed by atoms with van der Waals surface area (Å²) in [5.41, 5.74) is 0.924. The predicted octanol–water partition coefficient (Wildman–Crippen LogP) is 2.51. The molecule has 0 saturated carbocycles. The van der Waals surface area contributed by atoms with Crippen molar-refractivity contribution in [3.8, 4) is 0 Å². The molecule has 0 aliphatic carbocycles. The molecule has 7 heteroatoms. The highest BCUT2D eigenvalue weighted by molar-refractivity contribution is 6.42. The van der Waals surface area contributed by atoms with Gasteiger partial charge < -0.3 is 4.74 Å². The van der Waals surface area contributed by atoms with Crippen LogP contribution in [0.4, 0.5) is 0 Å². The Morgan fingerprint density at radius 3 is 2.70 bits per heavy atom. The predicted molar refractivity (Wildman–Crippen MR) is 87.5 cm³/mol. The summed E-state index contributed by atoms with van der Waals surface area (Å²) in [6.07, 6.45) is 0.0675. The molecule has 3 rings (SSSR count). The molecular weight excluding hydrogens is 339 g/mol. The second-order valence-corrected chi connectivity index (χ2v) is 6.54. The van der Waals surface area contributed by atoms with Gasteiger partial charge in [0.25, 0.3) is 0 Å². The third-order valence-electron chi connectivity index (χ3n) is 4.39. The van der Waals surface area contributed by atoms with E-state index in [1.807, 2.05) is 17.9 Å². The average molecular weight is 357 g/mol. The lowest BCUT2D eigenvalue weighted by Crippen LogP contribution is -2.48. The fourth-order valence-electron chi connectivity index (χ4n) is 3.15. The Labute approximate surface area is 145 Å². The monoisotopic (exact) mass is 356 g/mol. The third-order valence-corrected chi connectivity index (χ3v) is 5.13. The molecule has 2 heterocycles. The lowest BCUT2D eigenvalue weighted by Gasteiger charge is -2.35. The molecule has 5 nitrogen and oxygen atoms in total. The van der Waals surface area contributed by atoms with Gasteiger partial charge >= 0.3 is 0 Å². The number of imide groups is 1. The number of hydrogen-bond acceptors (Lipinski definition) is 4. The second-order valence-electron chi connectivity index (χ2n) is 5.72. The van der Waals surface area contributed by atoms with Crippen molar-refractivity contribution in [3.63, 3.8) is 0 Å². The Balaban J connectivity index is 1.75. The van der Waals surface area contributed by atoms with Gasteiger partial charge in [-0.3, -0.25) is 19.4 Å². The first-order valence-corrected chi connectivity index (χ1v) is 8.41. The number of likely N-dealkylation sites (tertiary alicyclic amines) is 1. The highest BCUT2D eigenvalue weighted by Gasteiger charge is 2.42. The number of nitrogens with zero attached hydrogens (tertiary/aromatic N) is 2. The fourth-order valence-corrected chi connectivity index (χ4v) is 3.46. The van der Waals surface area contributed by atoms with Gasteiger partial charge in [0.2, 0.25) is 11.8 Å². The highest BCUT2D eigenvalue weighted by Crippen LogP contribution is 2.31. The van der Waals surface area contributed by atoms with Crippen molar-refractivity contribution >= 4 is 35.0 Å². The SMILES string of the molecule is CCN1C(=O)CC(N2CCOC(c3ccc(Cl)c(Cl)c3)C2)C1=O. The zero-order valence-corrected chi connectivity index (χ0v) is 14.3. The zero-order chi connectivity index (χ0) is 16.6. The van der Waals surface area contributed by atoms with Crippen LogP contribution in [0.5, 0.6) is 0 Å². The molecule has 0 N–H and O–H groups in total. The summed E-state index contributed by atoms with van der Waals surface area (Å²) < 4.78 is 5.81. The summed E-state index contributed by atoms with van der Waals surface area (Å²) in [5.74, 6) is -0.202. The lowest BCUT2D eigenvalue weighted by atomic mass is 10.1. The van der Waals surface area contributed by atoms with Crippen molar-refractivity contribution < 1.29 is 14.3 Å². The lowest BCUT2D eigenvalue weighted by molar-refractivity contribution is -0.140. The Morgan fingerprint density at radius 1 is 1.26 bits per heavy atom. The van der Waals surface area contributed by atoms with Crippen LogP contribution in [-0.2, 0) is 14.3 Å². The van der Waals surface area contributed by atoms with E-state index in [1.54, 1.807) is 12.1 Å². The van der Waals surface area contributed by atoms with Gasteiger partial charge in [-0.15, -0.1) is 0 Å². The number of likely N-dealkylation sites (N-methyl/N-ethyl adjacent to an activating group) is 1. The Hall–Kier alpha value is -1.14. The van der Waals surface area contributed by atoms with Gasteiger partial charge in [-0.25, -0.2) is 0 Å². The molecule has 2 fully saturated rings. The van der Waals surface area contributed by atoms with E-state index in [9.17, 15) is 9.59 Å². The van der Waals surface area contributed by atoms with Crippen molar-refractivity contribution in [2.75, 3.05) is 26.2 Å². The van der Waals surface area contributed by atoms with Crippen molar-refractivity contribution in [1.29, 1.82) is 0 Å². The molecule has 2 saturated heterocycles. The molecular formula is C16H18Cl2N2O3. The molecule has 0 radical (unpaired) electrons. The largest absolute Gasteiger partial charge is 0.371 e. The highest BCUT2D eigenvalue weighted by atomic mass is 35.5. The van der Waals surface area contributed by atoms with Crippen LogP contribution in [0.25, 0.3) is 0 Å². The molecule has 124 valence electrons. The molecule has 1 aromatic carbocycles. The third kappa shape index (κ3) is 3.24. The van der Waals surface area contributed by atoms with Crippen LogP contribution in [0.3, 0.4) is 0 Å². The first-order chi connectivity index (χ1) is 11.0. The maximum absolute atomic E-state index is 12.4. The number of carbonyl (C=O) groups is 2. The minimum atomic E-state index is -0.378. The molecule has 2 aliphatic rings. The number of carbonyl (C=O) groups excluding carboxylic acids is 2. The van der Waals surface area contributed by atoms with Crippen LogP contribution < -0.4 is 0 Å². The van der Waals surface area contributed by atoms with E-state index >= 15 is 0 Å². The van der Waals surface area contributed by atoms with Crippen LogP contribution >= 0.6 is 23.2 Å². The molecule has 0 bridgehead atoms. The quantitative estimate of drug-likeness (QED) is 0.780. The Morgan fingerprint density at radius 2 is 2.04 bits per heavy atom. The van der Waals surface area contributed by atoms with Gasteiger partial charge in [-0.2, -0.15) is 0 Å². The molecule has 0 aromatic heterocycles. The van der Waals surface area contributed by atoms with Gasteiger partial charge in [-0.1, -0.05) is 29.3 Å². The van der Waals surface area contributed by atoms with Crippen molar-refractivity contribution in [2.24, 2.45) is 0 Å². The first kappa shape index (κ1) is 16.7. The summed E-state index contributed by atoms with van der Waals surface area (Å²) in [6, 6.07) is 5.03. The number of morpholine rings is 1. The standard InChI is InChI=1S/C16H18Cl2N2O3/c1-2-20-15(21)8-13(16(20)22)19-5-6-23-14(9-19)10-3-4-11(17)12(18)7-10/h3-4,7,13-14H,2,5-6,8-9H2,1H3. The zero-order valence-electron chi connectivity index (χ0n) is 12.8. The Bertz CT molecular complexity index is 638. The van der Waals surface area contributed by atoms with Gasteiger partial charge in [0, 0.05) is 19.6 Å². The number of hydrogen-bond donors (Lipinski definition) is 0. The maximum Gasteiger partial charge on any atom is 0.247 e.